The van der Waals surface area contributed by atoms with Crippen LogP contribution in [0.25, 0.3) is 0 Å². The van der Waals surface area contributed by atoms with Crippen LogP contribution in [-0.4, -0.2) is 30.6 Å². The van der Waals surface area contributed by atoms with Crippen molar-refractivity contribution in [2.45, 2.75) is 63.4 Å². The van der Waals surface area contributed by atoms with Crippen molar-refractivity contribution in [3.8, 4) is 11.8 Å². The number of carbonyl (C=O) groups is 1. The van der Waals surface area contributed by atoms with Crippen LogP contribution >= 0.6 is 0 Å². The lowest BCUT2D eigenvalue weighted by atomic mass is 9.57. The number of allylic oxidation sites excluding steroid dienone is 4. The Kier molecular flexibility index (Phi) is 5.10. The molecule has 0 heterocycles. The van der Waals surface area contributed by atoms with E-state index >= 15 is 0 Å². The Bertz CT molecular complexity index is 1020. The Labute approximate surface area is 186 Å². The minimum atomic E-state index is -0.851. The number of aliphatic hydroxyl groups is 1. The van der Waals surface area contributed by atoms with Crippen molar-refractivity contribution < 1.29 is 9.90 Å². The number of fused-ring (bicyclic) bond motifs is 4. The minimum Gasteiger partial charge on any atom is -0.378 e. The van der Waals surface area contributed by atoms with Gasteiger partial charge in [-0.15, -0.1) is 5.92 Å². The third-order valence-corrected chi connectivity index (χ3v) is 8.34. The maximum absolute atomic E-state index is 12.1. The molecule has 1 aromatic rings. The van der Waals surface area contributed by atoms with E-state index in [1.165, 1.54) is 22.4 Å². The van der Waals surface area contributed by atoms with Gasteiger partial charge in [0.1, 0.15) is 5.60 Å². The van der Waals surface area contributed by atoms with Crippen LogP contribution in [0.4, 0.5) is 5.69 Å². The lowest BCUT2D eigenvalue weighted by molar-refractivity contribution is -0.114. The molecule has 0 aliphatic heterocycles. The zero-order valence-electron chi connectivity index (χ0n) is 18.9. The summed E-state index contributed by atoms with van der Waals surface area (Å²) >= 11 is 0. The Morgan fingerprint density at radius 3 is 2.58 bits per heavy atom. The molecule has 2 saturated carbocycles. The molecule has 5 unspecified atom stereocenters. The molecule has 5 atom stereocenters. The fraction of sp³-hybridized carbons (Fsp3) is 0.536. The van der Waals surface area contributed by atoms with Gasteiger partial charge in [0, 0.05) is 38.0 Å². The molecular weight excluding hydrogens is 382 g/mol. The normalized spacial score (nSPS) is 34.2. The van der Waals surface area contributed by atoms with Gasteiger partial charge in [0.15, 0.2) is 5.78 Å². The summed E-state index contributed by atoms with van der Waals surface area (Å²) in [6, 6.07) is 8.96. The van der Waals surface area contributed by atoms with E-state index in [9.17, 15) is 9.90 Å². The predicted octanol–water partition coefficient (Wildman–Crippen LogP) is 5.02. The van der Waals surface area contributed by atoms with Crippen molar-refractivity contribution in [2.75, 3.05) is 19.0 Å². The molecule has 4 aliphatic rings. The molecule has 0 aromatic heterocycles. The first-order valence-corrected chi connectivity index (χ1v) is 11.8. The van der Waals surface area contributed by atoms with Crippen LogP contribution in [0.15, 0.2) is 47.1 Å². The highest BCUT2D eigenvalue weighted by Gasteiger charge is 2.55. The van der Waals surface area contributed by atoms with Gasteiger partial charge in [-0.2, -0.15) is 0 Å². The number of hydrogen-bond donors (Lipinski definition) is 1. The monoisotopic (exact) mass is 415 g/mol. The van der Waals surface area contributed by atoms with Crippen LogP contribution in [0.2, 0.25) is 0 Å². The number of rotatable bonds is 2. The first-order valence-electron chi connectivity index (χ1n) is 11.8. The summed E-state index contributed by atoms with van der Waals surface area (Å²) in [5.74, 6) is 8.04. The van der Waals surface area contributed by atoms with Crippen molar-refractivity contribution in [2.24, 2.45) is 17.8 Å². The Morgan fingerprint density at radius 1 is 1.10 bits per heavy atom. The van der Waals surface area contributed by atoms with E-state index in [1.807, 2.05) is 13.0 Å². The number of carbonyl (C=O) groups excluding carboxylic acids is 1. The summed E-state index contributed by atoms with van der Waals surface area (Å²) in [5, 5.41) is 11.5. The maximum atomic E-state index is 12.1. The summed E-state index contributed by atoms with van der Waals surface area (Å²) in [5.41, 5.74) is 6.03. The van der Waals surface area contributed by atoms with Gasteiger partial charge in [-0.3, -0.25) is 4.79 Å². The fourth-order valence-electron chi connectivity index (χ4n) is 6.97. The number of benzene rings is 1. The summed E-state index contributed by atoms with van der Waals surface area (Å²) in [6.45, 7) is 1.84. The zero-order chi connectivity index (χ0) is 21.8. The predicted molar refractivity (Wildman–Crippen MR) is 125 cm³/mol. The van der Waals surface area contributed by atoms with Gasteiger partial charge in [0.05, 0.1) is 0 Å². The van der Waals surface area contributed by atoms with Crippen LogP contribution in [0.3, 0.4) is 0 Å². The molecule has 5 rings (SSSR count). The van der Waals surface area contributed by atoms with Gasteiger partial charge in [-0.25, -0.2) is 0 Å². The third-order valence-electron chi connectivity index (χ3n) is 8.34. The molecule has 2 fully saturated rings. The molecule has 0 spiro atoms. The van der Waals surface area contributed by atoms with Crippen molar-refractivity contribution in [1.29, 1.82) is 0 Å². The van der Waals surface area contributed by atoms with E-state index in [0.29, 0.717) is 24.2 Å². The van der Waals surface area contributed by atoms with E-state index in [2.05, 4.69) is 55.1 Å². The van der Waals surface area contributed by atoms with Crippen molar-refractivity contribution in [3.63, 3.8) is 0 Å². The highest BCUT2D eigenvalue weighted by atomic mass is 16.3. The average molecular weight is 416 g/mol. The second-order valence-corrected chi connectivity index (χ2v) is 10.1. The number of anilines is 1. The Hall–Kier alpha value is -2.31. The van der Waals surface area contributed by atoms with Crippen LogP contribution < -0.4 is 4.90 Å². The second-order valence-electron chi connectivity index (χ2n) is 10.1. The molecule has 3 nitrogen and oxygen atoms in total. The van der Waals surface area contributed by atoms with Crippen molar-refractivity contribution in [1.82, 2.24) is 0 Å². The number of hydrogen-bond acceptors (Lipinski definition) is 3. The number of nitrogens with zero attached hydrogens (tertiary/aromatic N) is 1. The standard InChI is InChI=1S/C28H33NO2/c1-4-14-28(31)15-13-23-24-11-7-19-16-21(30)10-12-22(19)27(24)25(17-26(23)28)18-5-8-20(9-6-18)29(2)3/h5-6,8-9,16,23-26,31H,7,10-13,15,17H2,1-3H3. The maximum Gasteiger partial charge on any atom is 0.156 e. The Balaban J connectivity index is 1.63. The molecule has 3 heteroatoms. The molecule has 162 valence electrons. The summed E-state index contributed by atoms with van der Waals surface area (Å²) in [7, 11) is 4.14. The van der Waals surface area contributed by atoms with Gasteiger partial charge in [0.2, 0.25) is 0 Å². The quantitative estimate of drug-likeness (QED) is 0.690. The Morgan fingerprint density at radius 2 is 1.87 bits per heavy atom. The van der Waals surface area contributed by atoms with E-state index in [0.717, 1.165) is 38.5 Å². The summed E-state index contributed by atoms with van der Waals surface area (Å²) in [4.78, 5) is 14.2. The largest absolute Gasteiger partial charge is 0.378 e. The molecule has 1 N–H and O–H groups in total. The smallest absolute Gasteiger partial charge is 0.156 e. The zero-order valence-corrected chi connectivity index (χ0v) is 18.9. The fourth-order valence-corrected chi connectivity index (χ4v) is 6.97. The van der Waals surface area contributed by atoms with E-state index < -0.39 is 5.60 Å². The molecule has 0 amide bonds. The van der Waals surface area contributed by atoms with Crippen LogP contribution in [0, 0.1) is 29.6 Å². The van der Waals surface area contributed by atoms with Gasteiger partial charge >= 0.3 is 0 Å². The summed E-state index contributed by atoms with van der Waals surface area (Å²) in [6.07, 6.45) is 8.35. The molecular formula is C28H33NO2. The van der Waals surface area contributed by atoms with Crippen molar-refractivity contribution >= 4 is 11.5 Å². The highest BCUT2D eigenvalue weighted by molar-refractivity contribution is 5.93. The second kappa shape index (κ2) is 7.68. The summed E-state index contributed by atoms with van der Waals surface area (Å²) < 4.78 is 0. The topological polar surface area (TPSA) is 40.5 Å². The molecule has 0 saturated heterocycles. The first kappa shape index (κ1) is 20.6. The van der Waals surface area contributed by atoms with Crippen LogP contribution in [0.1, 0.15) is 63.4 Å². The lowest BCUT2D eigenvalue weighted by Crippen LogP contribution is -2.42. The van der Waals surface area contributed by atoms with E-state index in [1.54, 1.807) is 5.57 Å². The SMILES string of the molecule is CC#CC1(O)CCC2C3CCC4=CC(=O)CCC4=C3C(c3ccc(N(C)C)cc3)CC21. The van der Waals surface area contributed by atoms with E-state index in [4.69, 9.17) is 0 Å². The third kappa shape index (κ3) is 3.37. The van der Waals surface area contributed by atoms with E-state index in [-0.39, 0.29) is 11.7 Å². The number of ketones is 1. The van der Waals surface area contributed by atoms with Crippen LogP contribution in [-0.2, 0) is 4.79 Å². The molecule has 1 aromatic carbocycles. The minimum absolute atomic E-state index is 0.226. The van der Waals surface area contributed by atoms with Gasteiger partial charge in [-0.05, 0) is 92.2 Å². The average Bonchev–Trinajstić information content (AvgIpc) is 3.09. The first-order chi connectivity index (χ1) is 14.9. The van der Waals surface area contributed by atoms with Gasteiger partial charge in [-0.1, -0.05) is 23.6 Å². The highest BCUT2D eigenvalue weighted by Crippen LogP contribution is 2.61. The van der Waals surface area contributed by atoms with Gasteiger partial charge in [0.25, 0.3) is 0 Å². The molecule has 4 aliphatic carbocycles. The molecule has 31 heavy (non-hydrogen) atoms. The van der Waals surface area contributed by atoms with Crippen molar-refractivity contribution in [3.05, 3.63) is 52.6 Å². The van der Waals surface area contributed by atoms with Gasteiger partial charge < -0.3 is 10.0 Å². The lowest BCUT2D eigenvalue weighted by Gasteiger charge is -2.48. The molecule has 0 bridgehead atoms. The molecule has 0 radical (unpaired) electrons. The van der Waals surface area contributed by atoms with Crippen LogP contribution in [0.5, 0.6) is 0 Å².